The molecule has 1 saturated heterocycles. The van der Waals surface area contributed by atoms with Gasteiger partial charge in [0.1, 0.15) is 5.82 Å². The first kappa shape index (κ1) is 30.6. The molecule has 1 aliphatic heterocycles. The van der Waals surface area contributed by atoms with Crippen molar-refractivity contribution in [2.24, 2.45) is 0 Å². The minimum atomic E-state index is 0.387. The molecule has 0 radical (unpaired) electrons. The van der Waals surface area contributed by atoms with Crippen molar-refractivity contribution >= 4 is 22.7 Å². The first-order valence-electron chi connectivity index (χ1n) is 16.9. The Morgan fingerprint density at radius 2 is 1.66 bits per heavy atom. The van der Waals surface area contributed by atoms with Gasteiger partial charge in [0.2, 0.25) is 5.95 Å². The number of hydrogen-bond donors (Lipinski definition) is 5. The topological polar surface area (TPSA) is 111 Å². The first-order valence-corrected chi connectivity index (χ1v) is 16.9. The highest BCUT2D eigenvalue weighted by Gasteiger charge is 2.21. The number of aromatic amines is 1. The van der Waals surface area contributed by atoms with Crippen molar-refractivity contribution in [2.75, 3.05) is 43.4 Å². The lowest BCUT2D eigenvalue weighted by Crippen LogP contribution is -2.39. The van der Waals surface area contributed by atoms with Crippen LogP contribution in [0.3, 0.4) is 0 Å². The van der Waals surface area contributed by atoms with Crippen LogP contribution in [0.25, 0.3) is 10.9 Å². The van der Waals surface area contributed by atoms with Crippen molar-refractivity contribution < 1.29 is 0 Å². The molecule has 2 aliphatic rings. The van der Waals surface area contributed by atoms with Gasteiger partial charge in [0.15, 0.2) is 0 Å². The van der Waals surface area contributed by atoms with E-state index in [4.69, 9.17) is 9.97 Å². The number of anilines is 2. The molecule has 6 rings (SSSR count). The maximum atomic E-state index is 4.91. The maximum Gasteiger partial charge on any atom is 0.225 e. The second-order valence-electron chi connectivity index (χ2n) is 12.5. The van der Waals surface area contributed by atoms with E-state index in [2.05, 4.69) is 77.5 Å². The lowest BCUT2D eigenvalue weighted by atomic mass is 9.95. The summed E-state index contributed by atoms with van der Waals surface area (Å²) in [5.74, 6) is 1.57. The molecular weight excluding hydrogens is 548 g/mol. The Kier molecular flexibility index (Phi) is 11.1. The molecular formula is C34H50N10. The van der Waals surface area contributed by atoms with Crippen LogP contribution in [-0.2, 0) is 19.6 Å². The summed E-state index contributed by atoms with van der Waals surface area (Å²) in [5.41, 5.74) is 3.24. The van der Waals surface area contributed by atoms with Crippen LogP contribution in [0.1, 0.15) is 69.2 Å². The van der Waals surface area contributed by atoms with E-state index < -0.39 is 0 Å². The number of likely N-dealkylation sites (tertiary alicyclic amines) is 1. The van der Waals surface area contributed by atoms with Gasteiger partial charge in [-0.2, -0.15) is 4.98 Å². The molecule has 4 heterocycles. The molecule has 4 aromatic rings. The average Bonchev–Trinajstić information content (AvgIpc) is 3.04. The zero-order valence-electron chi connectivity index (χ0n) is 26.1. The van der Waals surface area contributed by atoms with Crippen LogP contribution in [0, 0.1) is 0 Å². The van der Waals surface area contributed by atoms with Gasteiger partial charge in [0.05, 0.1) is 23.4 Å². The molecule has 0 atom stereocenters. The van der Waals surface area contributed by atoms with Gasteiger partial charge in [0.25, 0.3) is 0 Å². The third kappa shape index (κ3) is 9.03. The summed E-state index contributed by atoms with van der Waals surface area (Å²) in [5, 5.41) is 19.0. The number of para-hydroxylation sites is 1. The van der Waals surface area contributed by atoms with Gasteiger partial charge in [-0.25, -0.2) is 4.98 Å². The molecule has 0 spiro atoms. The maximum absolute atomic E-state index is 4.91. The van der Waals surface area contributed by atoms with E-state index >= 15 is 0 Å². The number of H-pyrrole nitrogens is 1. The standard InChI is InChI=1S/C34H50N10/c1-2-10-27(11-3-1)36-20-8-17-35-18-9-21-44-26-30(42-44)24-38-34-40-32-14-5-4-13-31(32)33(41-34)39-28-15-22-43(23-16-28)25-29-12-6-7-19-37-29/h4-7,12-14,19,26-28,35-36,42H,1-3,8-11,15-18,20-25H2,(H2,38,39,40,41). The van der Waals surface area contributed by atoms with E-state index in [0.717, 1.165) is 99.2 Å². The summed E-state index contributed by atoms with van der Waals surface area (Å²) in [6.07, 6.45) is 15.5. The lowest BCUT2D eigenvalue weighted by Gasteiger charge is -2.32. The van der Waals surface area contributed by atoms with Gasteiger partial charge < -0.3 is 21.3 Å². The van der Waals surface area contributed by atoms with Gasteiger partial charge in [-0.3, -0.25) is 19.7 Å². The number of rotatable bonds is 16. The smallest absolute Gasteiger partial charge is 0.225 e. The summed E-state index contributed by atoms with van der Waals surface area (Å²) in [6.45, 7) is 7.95. The number of fused-ring (bicyclic) bond motifs is 1. The first-order chi connectivity index (χ1) is 21.8. The molecule has 3 aromatic heterocycles. The lowest BCUT2D eigenvalue weighted by molar-refractivity contribution is 0.209. The summed E-state index contributed by atoms with van der Waals surface area (Å²) in [4.78, 5) is 16.7. The van der Waals surface area contributed by atoms with Gasteiger partial charge >= 0.3 is 0 Å². The number of piperidine rings is 1. The Hall–Kier alpha value is -3.47. The summed E-state index contributed by atoms with van der Waals surface area (Å²) < 4.78 is 2.16. The molecule has 10 nitrogen and oxygen atoms in total. The number of aromatic nitrogens is 5. The molecule has 0 amide bonds. The summed E-state index contributed by atoms with van der Waals surface area (Å²) in [6, 6.07) is 15.6. The van der Waals surface area contributed by atoms with Crippen molar-refractivity contribution in [1.82, 2.24) is 40.3 Å². The van der Waals surface area contributed by atoms with Crippen LogP contribution in [0.15, 0.2) is 54.9 Å². The van der Waals surface area contributed by atoms with E-state index in [0.29, 0.717) is 18.5 Å². The van der Waals surface area contributed by atoms with E-state index in [1.54, 1.807) is 0 Å². The molecule has 236 valence electrons. The highest BCUT2D eigenvalue weighted by molar-refractivity contribution is 5.90. The average molecular weight is 599 g/mol. The number of aryl methyl sites for hydroxylation is 1. The van der Waals surface area contributed by atoms with E-state index in [9.17, 15) is 0 Å². The third-order valence-electron chi connectivity index (χ3n) is 9.00. The molecule has 1 aliphatic carbocycles. The zero-order chi connectivity index (χ0) is 29.8. The van der Waals surface area contributed by atoms with E-state index in [-0.39, 0.29) is 0 Å². The van der Waals surface area contributed by atoms with Gasteiger partial charge in [0, 0.05) is 56.0 Å². The zero-order valence-corrected chi connectivity index (χ0v) is 26.1. The van der Waals surface area contributed by atoms with Crippen LogP contribution in [-0.4, -0.2) is 74.4 Å². The van der Waals surface area contributed by atoms with Gasteiger partial charge in [-0.1, -0.05) is 37.5 Å². The number of benzene rings is 1. The largest absolute Gasteiger partial charge is 0.367 e. The molecule has 1 aromatic carbocycles. The third-order valence-corrected chi connectivity index (χ3v) is 9.00. The van der Waals surface area contributed by atoms with Gasteiger partial charge in [-0.15, -0.1) is 0 Å². The van der Waals surface area contributed by atoms with Crippen molar-refractivity contribution in [3.8, 4) is 0 Å². The van der Waals surface area contributed by atoms with E-state index in [1.807, 2.05) is 18.3 Å². The SMILES string of the molecule is c1ccc(CN2CCC(Nc3nc(NCc4cn(CCCNCCCNC5CCCCC5)[nH]4)nc4ccccc34)CC2)nc1. The molecule has 10 heteroatoms. The highest BCUT2D eigenvalue weighted by Crippen LogP contribution is 2.25. The highest BCUT2D eigenvalue weighted by atomic mass is 15.3. The fraction of sp³-hybridized carbons (Fsp3) is 0.559. The van der Waals surface area contributed by atoms with Crippen molar-refractivity contribution in [1.29, 1.82) is 0 Å². The van der Waals surface area contributed by atoms with Crippen LogP contribution in [0.2, 0.25) is 0 Å². The Bertz CT molecular complexity index is 1370. The predicted octanol–water partition coefficient (Wildman–Crippen LogP) is 5.14. The molecule has 0 unspecified atom stereocenters. The minimum Gasteiger partial charge on any atom is -0.367 e. The second kappa shape index (κ2) is 16.0. The van der Waals surface area contributed by atoms with Crippen LogP contribution in [0.4, 0.5) is 11.8 Å². The molecule has 2 fully saturated rings. The van der Waals surface area contributed by atoms with E-state index in [1.165, 1.54) is 38.5 Å². The number of nitrogens with zero attached hydrogens (tertiary/aromatic N) is 5. The fourth-order valence-electron chi connectivity index (χ4n) is 6.49. The van der Waals surface area contributed by atoms with Crippen molar-refractivity contribution in [2.45, 2.75) is 89.5 Å². The monoisotopic (exact) mass is 598 g/mol. The Balaban J connectivity index is 0.905. The number of hydrogen-bond acceptors (Lipinski definition) is 8. The minimum absolute atomic E-state index is 0.387. The molecule has 5 N–H and O–H groups in total. The summed E-state index contributed by atoms with van der Waals surface area (Å²) in [7, 11) is 0. The van der Waals surface area contributed by atoms with Crippen LogP contribution >= 0.6 is 0 Å². The van der Waals surface area contributed by atoms with Crippen molar-refractivity contribution in [3.63, 3.8) is 0 Å². The summed E-state index contributed by atoms with van der Waals surface area (Å²) >= 11 is 0. The quantitative estimate of drug-likeness (QED) is 0.113. The molecule has 44 heavy (non-hydrogen) atoms. The predicted molar refractivity (Wildman–Crippen MR) is 179 cm³/mol. The van der Waals surface area contributed by atoms with Gasteiger partial charge in [-0.05, 0) is 82.4 Å². The molecule has 1 saturated carbocycles. The second-order valence-corrected chi connectivity index (χ2v) is 12.5. The van der Waals surface area contributed by atoms with Crippen LogP contribution < -0.4 is 21.3 Å². The molecule has 0 bridgehead atoms. The Morgan fingerprint density at radius 1 is 0.841 bits per heavy atom. The normalized spacial score (nSPS) is 16.9. The Morgan fingerprint density at radius 3 is 2.50 bits per heavy atom. The van der Waals surface area contributed by atoms with Crippen molar-refractivity contribution in [3.05, 3.63) is 66.2 Å². The van der Waals surface area contributed by atoms with Crippen LogP contribution in [0.5, 0.6) is 0 Å². The number of nitrogens with one attached hydrogen (secondary N) is 5. The number of pyridine rings is 1. The Labute approximate surface area is 261 Å². The fourth-order valence-corrected chi connectivity index (χ4v) is 6.49.